The molecule has 4 aromatic rings. The van der Waals surface area contributed by atoms with Gasteiger partial charge in [-0.1, -0.05) is 70.5 Å². The Bertz CT molecular complexity index is 1150. The summed E-state index contributed by atoms with van der Waals surface area (Å²) in [5.41, 5.74) is 5.82. The molecule has 3 aromatic carbocycles. The van der Waals surface area contributed by atoms with Gasteiger partial charge in [-0.25, -0.2) is 5.43 Å². The van der Waals surface area contributed by atoms with Crippen molar-refractivity contribution in [2.45, 2.75) is 6.54 Å². The van der Waals surface area contributed by atoms with Crippen molar-refractivity contribution in [2.75, 3.05) is 0 Å². The molecule has 1 amide bonds. The molecular weight excluding hydrogens is 444 g/mol. The molecule has 8 heteroatoms. The third kappa shape index (κ3) is 5.03. The summed E-state index contributed by atoms with van der Waals surface area (Å²) in [6.07, 6.45) is 1.60. The van der Waals surface area contributed by atoms with E-state index in [1.807, 2.05) is 66.7 Å². The zero-order valence-electron chi connectivity index (χ0n) is 15.8. The lowest BCUT2D eigenvalue weighted by atomic mass is 10.1. The molecule has 1 heterocycles. The lowest BCUT2D eigenvalue weighted by Gasteiger charge is -2.03. The summed E-state index contributed by atoms with van der Waals surface area (Å²) in [7, 11) is 0. The van der Waals surface area contributed by atoms with Gasteiger partial charge in [0.1, 0.15) is 0 Å². The third-order valence-corrected chi connectivity index (χ3v) is 4.80. The molecule has 0 atom stereocenters. The Labute approximate surface area is 181 Å². The van der Waals surface area contributed by atoms with Crippen LogP contribution in [0.4, 0.5) is 0 Å². The quantitative estimate of drug-likeness (QED) is 0.349. The Morgan fingerprint density at radius 3 is 2.47 bits per heavy atom. The number of carbonyl (C=O) groups is 1. The van der Waals surface area contributed by atoms with Crippen molar-refractivity contribution in [1.29, 1.82) is 0 Å². The number of hydrazone groups is 1. The maximum absolute atomic E-state index is 12.2. The first-order chi connectivity index (χ1) is 14.7. The Balaban J connectivity index is 1.35. The van der Waals surface area contributed by atoms with Crippen molar-refractivity contribution in [1.82, 2.24) is 25.6 Å². The molecule has 0 fully saturated rings. The number of hydrogen-bond donors (Lipinski definition) is 1. The zero-order chi connectivity index (χ0) is 20.8. The molecule has 0 aliphatic heterocycles. The van der Waals surface area contributed by atoms with E-state index in [1.165, 1.54) is 4.80 Å². The van der Waals surface area contributed by atoms with Crippen LogP contribution in [0.5, 0.6) is 0 Å². The first-order valence-electron chi connectivity index (χ1n) is 9.18. The molecule has 4 rings (SSSR count). The number of aromatic nitrogens is 4. The van der Waals surface area contributed by atoms with E-state index in [2.05, 4.69) is 41.9 Å². The zero-order valence-corrected chi connectivity index (χ0v) is 17.4. The van der Waals surface area contributed by atoms with Crippen LogP contribution in [0.15, 0.2) is 88.4 Å². The van der Waals surface area contributed by atoms with Gasteiger partial charge in [-0.15, -0.1) is 10.2 Å². The van der Waals surface area contributed by atoms with E-state index in [9.17, 15) is 4.79 Å². The van der Waals surface area contributed by atoms with Crippen LogP contribution in [0.25, 0.3) is 11.4 Å². The Morgan fingerprint density at radius 2 is 1.73 bits per heavy atom. The SMILES string of the molecule is O=C(N/N=C/c1ccc(Br)cc1)c1ccc(Cn2nnc(-c3ccccc3)n2)cc1. The number of carbonyl (C=O) groups excluding carboxylic acids is 1. The normalized spacial score (nSPS) is 11.0. The number of halogens is 1. The van der Waals surface area contributed by atoms with Crippen LogP contribution in [0.3, 0.4) is 0 Å². The standard InChI is InChI=1S/C22H17BrN6O/c23-20-12-8-16(9-13-20)14-24-26-22(30)19-10-6-17(7-11-19)15-29-27-21(25-28-29)18-4-2-1-3-5-18/h1-14H,15H2,(H,26,30)/b24-14+. The lowest BCUT2D eigenvalue weighted by molar-refractivity contribution is 0.0955. The van der Waals surface area contributed by atoms with E-state index in [4.69, 9.17) is 0 Å². The highest BCUT2D eigenvalue weighted by molar-refractivity contribution is 9.10. The van der Waals surface area contributed by atoms with Gasteiger partial charge in [0.05, 0.1) is 12.8 Å². The predicted octanol–water partition coefficient (Wildman–Crippen LogP) is 3.91. The number of nitrogens with one attached hydrogen (secondary N) is 1. The highest BCUT2D eigenvalue weighted by Crippen LogP contribution is 2.13. The topological polar surface area (TPSA) is 85.1 Å². The van der Waals surface area contributed by atoms with E-state index in [-0.39, 0.29) is 5.91 Å². The molecule has 0 unspecified atom stereocenters. The fourth-order valence-corrected chi connectivity index (χ4v) is 2.98. The molecule has 0 aliphatic carbocycles. The maximum Gasteiger partial charge on any atom is 0.271 e. The van der Waals surface area contributed by atoms with Crippen molar-refractivity contribution in [3.8, 4) is 11.4 Å². The number of tetrazole rings is 1. The largest absolute Gasteiger partial charge is 0.271 e. The molecule has 148 valence electrons. The monoisotopic (exact) mass is 460 g/mol. The number of nitrogens with zero attached hydrogens (tertiary/aromatic N) is 5. The Kier molecular flexibility index (Phi) is 6.05. The highest BCUT2D eigenvalue weighted by atomic mass is 79.9. The first-order valence-corrected chi connectivity index (χ1v) is 9.98. The minimum Gasteiger partial charge on any atom is -0.267 e. The van der Waals surface area contributed by atoms with Gasteiger partial charge in [-0.3, -0.25) is 4.79 Å². The van der Waals surface area contributed by atoms with Gasteiger partial charge in [0, 0.05) is 15.6 Å². The second kappa shape index (κ2) is 9.23. The molecule has 0 saturated heterocycles. The minimum atomic E-state index is -0.278. The molecule has 1 N–H and O–H groups in total. The summed E-state index contributed by atoms with van der Waals surface area (Å²) < 4.78 is 0.987. The van der Waals surface area contributed by atoms with Crippen LogP contribution in [-0.4, -0.2) is 32.3 Å². The van der Waals surface area contributed by atoms with Gasteiger partial charge in [0.2, 0.25) is 5.82 Å². The summed E-state index contributed by atoms with van der Waals surface area (Å²) >= 11 is 3.38. The number of benzene rings is 3. The molecule has 7 nitrogen and oxygen atoms in total. The van der Waals surface area contributed by atoms with Crippen LogP contribution >= 0.6 is 15.9 Å². The summed E-state index contributed by atoms with van der Waals surface area (Å²) in [6.45, 7) is 0.462. The van der Waals surface area contributed by atoms with Crippen molar-refractivity contribution in [3.05, 3.63) is 100 Å². The maximum atomic E-state index is 12.2. The summed E-state index contributed by atoms with van der Waals surface area (Å²) in [4.78, 5) is 13.8. The van der Waals surface area contributed by atoms with Gasteiger partial charge < -0.3 is 0 Å². The molecule has 0 aliphatic rings. The van der Waals surface area contributed by atoms with E-state index in [0.29, 0.717) is 17.9 Å². The predicted molar refractivity (Wildman–Crippen MR) is 118 cm³/mol. The third-order valence-electron chi connectivity index (χ3n) is 4.27. The van der Waals surface area contributed by atoms with Crippen molar-refractivity contribution >= 4 is 28.1 Å². The fraction of sp³-hybridized carbons (Fsp3) is 0.0455. The first kappa shape index (κ1) is 19.7. The van der Waals surface area contributed by atoms with Crippen LogP contribution in [0, 0.1) is 0 Å². The average Bonchev–Trinajstić information content (AvgIpc) is 3.25. The van der Waals surface area contributed by atoms with Gasteiger partial charge in [-0.05, 0) is 40.6 Å². The second-order valence-corrected chi connectivity index (χ2v) is 7.37. The smallest absolute Gasteiger partial charge is 0.267 e. The van der Waals surface area contributed by atoms with Crippen molar-refractivity contribution in [2.24, 2.45) is 5.10 Å². The Hall–Kier alpha value is -3.65. The van der Waals surface area contributed by atoms with E-state index in [1.54, 1.807) is 18.3 Å². The molecule has 0 saturated carbocycles. The Morgan fingerprint density at radius 1 is 1.00 bits per heavy atom. The molecule has 0 bridgehead atoms. The summed E-state index contributed by atoms with van der Waals surface area (Å²) in [5.74, 6) is 0.301. The molecule has 30 heavy (non-hydrogen) atoms. The summed E-state index contributed by atoms with van der Waals surface area (Å²) in [5, 5.41) is 16.6. The van der Waals surface area contributed by atoms with Crippen LogP contribution in [0.2, 0.25) is 0 Å². The van der Waals surface area contributed by atoms with E-state index >= 15 is 0 Å². The van der Waals surface area contributed by atoms with E-state index < -0.39 is 0 Å². The second-order valence-electron chi connectivity index (χ2n) is 6.46. The summed E-state index contributed by atoms with van der Waals surface area (Å²) in [6, 6.07) is 24.5. The minimum absolute atomic E-state index is 0.278. The number of rotatable bonds is 6. The molecule has 1 aromatic heterocycles. The lowest BCUT2D eigenvalue weighted by Crippen LogP contribution is -2.17. The van der Waals surface area contributed by atoms with Gasteiger partial charge in [-0.2, -0.15) is 9.90 Å². The number of amides is 1. The molecule has 0 radical (unpaired) electrons. The number of hydrogen-bond acceptors (Lipinski definition) is 5. The van der Waals surface area contributed by atoms with Crippen molar-refractivity contribution < 1.29 is 4.79 Å². The van der Waals surface area contributed by atoms with Crippen LogP contribution < -0.4 is 5.43 Å². The van der Waals surface area contributed by atoms with Gasteiger partial charge in [0.25, 0.3) is 5.91 Å². The van der Waals surface area contributed by atoms with E-state index in [0.717, 1.165) is 21.2 Å². The average molecular weight is 461 g/mol. The van der Waals surface area contributed by atoms with Gasteiger partial charge in [0.15, 0.2) is 0 Å². The fourth-order valence-electron chi connectivity index (χ4n) is 2.72. The highest BCUT2D eigenvalue weighted by Gasteiger charge is 2.07. The van der Waals surface area contributed by atoms with Crippen molar-refractivity contribution in [3.63, 3.8) is 0 Å². The molecular formula is C22H17BrN6O. The molecule has 0 spiro atoms. The van der Waals surface area contributed by atoms with Gasteiger partial charge >= 0.3 is 0 Å². The van der Waals surface area contributed by atoms with Crippen LogP contribution in [-0.2, 0) is 6.54 Å². The van der Waals surface area contributed by atoms with Crippen LogP contribution in [0.1, 0.15) is 21.5 Å².